The Bertz CT molecular complexity index is 349. The molecule has 0 amide bonds. The molecule has 0 atom stereocenters. The number of ether oxygens (including phenoxy) is 3. The lowest BCUT2D eigenvalue weighted by molar-refractivity contribution is 0.0543. The van der Waals surface area contributed by atoms with Crippen molar-refractivity contribution in [1.82, 2.24) is 0 Å². The molecule has 0 aliphatic heterocycles. The summed E-state index contributed by atoms with van der Waals surface area (Å²) in [6.45, 7) is 4.06. The van der Waals surface area contributed by atoms with Crippen LogP contribution in [0.25, 0.3) is 0 Å². The molecule has 0 saturated heterocycles. The molecular weight excluding hydrogens is 220 g/mol. The van der Waals surface area contributed by atoms with Gasteiger partial charge in [-0.3, -0.25) is 4.79 Å². The predicted octanol–water partition coefficient (Wildman–Crippen LogP) is 1.85. The standard InChI is InChI=1S/C13H18O4/c1-11-3-4-12(10-14)9-13(11)17-8-7-16-6-5-15-2/h3-4,9-10H,5-8H2,1-2H3. The van der Waals surface area contributed by atoms with Gasteiger partial charge in [0.2, 0.25) is 0 Å². The van der Waals surface area contributed by atoms with Gasteiger partial charge in [-0.2, -0.15) is 0 Å². The lowest BCUT2D eigenvalue weighted by Gasteiger charge is -2.09. The van der Waals surface area contributed by atoms with Crippen molar-refractivity contribution in [2.45, 2.75) is 6.92 Å². The van der Waals surface area contributed by atoms with Crippen molar-refractivity contribution in [1.29, 1.82) is 0 Å². The van der Waals surface area contributed by atoms with Crippen LogP contribution in [-0.2, 0) is 9.47 Å². The topological polar surface area (TPSA) is 44.8 Å². The molecule has 1 rings (SSSR count). The van der Waals surface area contributed by atoms with E-state index in [1.807, 2.05) is 13.0 Å². The molecule has 0 spiro atoms. The second kappa shape index (κ2) is 7.81. The van der Waals surface area contributed by atoms with Crippen molar-refractivity contribution < 1.29 is 19.0 Å². The van der Waals surface area contributed by atoms with Gasteiger partial charge in [-0.25, -0.2) is 0 Å². The number of hydrogen-bond donors (Lipinski definition) is 0. The number of aldehydes is 1. The van der Waals surface area contributed by atoms with Crippen LogP contribution in [0.15, 0.2) is 18.2 Å². The van der Waals surface area contributed by atoms with Crippen LogP contribution in [0.3, 0.4) is 0 Å². The Hall–Kier alpha value is -1.39. The summed E-state index contributed by atoms with van der Waals surface area (Å²) in [5.41, 5.74) is 1.62. The van der Waals surface area contributed by atoms with Gasteiger partial charge in [-0.1, -0.05) is 12.1 Å². The van der Waals surface area contributed by atoms with Gasteiger partial charge in [-0.05, 0) is 18.6 Å². The summed E-state index contributed by atoms with van der Waals surface area (Å²) < 4.78 is 15.7. The van der Waals surface area contributed by atoms with Crippen LogP contribution < -0.4 is 4.74 Å². The molecule has 0 bridgehead atoms. The van der Waals surface area contributed by atoms with Crippen LogP contribution in [0.4, 0.5) is 0 Å². The average molecular weight is 238 g/mol. The SMILES string of the molecule is COCCOCCOc1cc(C=O)ccc1C. The fraction of sp³-hybridized carbons (Fsp3) is 0.462. The van der Waals surface area contributed by atoms with Gasteiger partial charge >= 0.3 is 0 Å². The van der Waals surface area contributed by atoms with Crippen LogP contribution in [0, 0.1) is 6.92 Å². The van der Waals surface area contributed by atoms with E-state index in [9.17, 15) is 4.79 Å². The number of rotatable bonds is 8. The molecule has 0 radical (unpaired) electrons. The van der Waals surface area contributed by atoms with Gasteiger partial charge in [0.25, 0.3) is 0 Å². The number of methoxy groups -OCH3 is 1. The third-order valence-electron chi connectivity index (χ3n) is 2.27. The van der Waals surface area contributed by atoms with E-state index in [1.165, 1.54) is 0 Å². The molecule has 0 heterocycles. The maximum Gasteiger partial charge on any atom is 0.150 e. The molecule has 1 aromatic carbocycles. The molecule has 0 saturated carbocycles. The lowest BCUT2D eigenvalue weighted by Crippen LogP contribution is -2.10. The summed E-state index contributed by atoms with van der Waals surface area (Å²) in [6, 6.07) is 5.37. The first-order valence-corrected chi connectivity index (χ1v) is 5.53. The molecule has 1 aromatic rings. The molecule has 4 nitrogen and oxygen atoms in total. The van der Waals surface area contributed by atoms with Crippen LogP contribution >= 0.6 is 0 Å². The molecule has 0 fully saturated rings. The molecular formula is C13H18O4. The summed E-state index contributed by atoms with van der Waals surface area (Å²) >= 11 is 0. The highest BCUT2D eigenvalue weighted by atomic mass is 16.5. The first-order valence-electron chi connectivity index (χ1n) is 5.53. The smallest absolute Gasteiger partial charge is 0.150 e. The normalized spacial score (nSPS) is 10.2. The van der Waals surface area contributed by atoms with E-state index in [0.717, 1.165) is 17.6 Å². The number of benzene rings is 1. The van der Waals surface area contributed by atoms with Crippen LogP contribution in [0.1, 0.15) is 15.9 Å². The highest BCUT2D eigenvalue weighted by Crippen LogP contribution is 2.18. The Kier molecular flexibility index (Phi) is 6.29. The van der Waals surface area contributed by atoms with Crippen molar-refractivity contribution in [2.75, 3.05) is 33.5 Å². The fourth-order valence-electron chi connectivity index (χ4n) is 1.30. The molecule has 0 unspecified atom stereocenters. The monoisotopic (exact) mass is 238 g/mol. The number of aryl methyl sites for hydroxylation is 1. The Morgan fingerprint density at radius 2 is 1.94 bits per heavy atom. The van der Waals surface area contributed by atoms with E-state index in [1.54, 1.807) is 19.2 Å². The van der Waals surface area contributed by atoms with E-state index in [2.05, 4.69) is 0 Å². The van der Waals surface area contributed by atoms with Gasteiger partial charge in [0.1, 0.15) is 18.6 Å². The summed E-state index contributed by atoms with van der Waals surface area (Å²) in [6.07, 6.45) is 0.807. The second-order valence-corrected chi connectivity index (χ2v) is 3.60. The summed E-state index contributed by atoms with van der Waals surface area (Å²) in [7, 11) is 1.63. The maximum atomic E-state index is 10.6. The van der Waals surface area contributed by atoms with Crippen molar-refractivity contribution in [3.63, 3.8) is 0 Å². The quantitative estimate of drug-likeness (QED) is 0.512. The van der Waals surface area contributed by atoms with Crippen LogP contribution in [0.2, 0.25) is 0 Å². The molecule has 94 valence electrons. The summed E-state index contributed by atoms with van der Waals surface area (Å²) in [4.78, 5) is 10.6. The summed E-state index contributed by atoms with van der Waals surface area (Å²) in [5.74, 6) is 0.727. The minimum absolute atomic E-state index is 0.465. The Balaban J connectivity index is 2.33. The zero-order valence-electron chi connectivity index (χ0n) is 10.3. The van der Waals surface area contributed by atoms with Crippen molar-refractivity contribution in [3.8, 4) is 5.75 Å². The Labute approximate surface area is 101 Å². The molecule has 0 N–H and O–H groups in total. The van der Waals surface area contributed by atoms with E-state index in [-0.39, 0.29) is 0 Å². The van der Waals surface area contributed by atoms with Crippen molar-refractivity contribution in [3.05, 3.63) is 29.3 Å². The average Bonchev–Trinajstić information content (AvgIpc) is 2.35. The summed E-state index contributed by atoms with van der Waals surface area (Å²) in [5, 5.41) is 0. The van der Waals surface area contributed by atoms with Crippen molar-refractivity contribution >= 4 is 6.29 Å². The van der Waals surface area contributed by atoms with E-state index in [0.29, 0.717) is 32.0 Å². The lowest BCUT2D eigenvalue weighted by atomic mass is 10.1. The molecule has 4 heteroatoms. The van der Waals surface area contributed by atoms with E-state index in [4.69, 9.17) is 14.2 Å². The number of carbonyl (C=O) groups is 1. The number of hydrogen-bond acceptors (Lipinski definition) is 4. The third-order valence-corrected chi connectivity index (χ3v) is 2.27. The third kappa shape index (κ3) is 4.97. The molecule has 0 aromatic heterocycles. The second-order valence-electron chi connectivity index (χ2n) is 3.60. The minimum Gasteiger partial charge on any atom is -0.491 e. The van der Waals surface area contributed by atoms with Gasteiger partial charge in [-0.15, -0.1) is 0 Å². The highest BCUT2D eigenvalue weighted by Gasteiger charge is 2.01. The highest BCUT2D eigenvalue weighted by molar-refractivity contribution is 5.75. The minimum atomic E-state index is 0.465. The van der Waals surface area contributed by atoms with Gasteiger partial charge in [0.05, 0.1) is 19.8 Å². The first kappa shape index (κ1) is 13.7. The zero-order valence-corrected chi connectivity index (χ0v) is 10.3. The van der Waals surface area contributed by atoms with Gasteiger partial charge < -0.3 is 14.2 Å². The van der Waals surface area contributed by atoms with E-state index >= 15 is 0 Å². The van der Waals surface area contributed by atoms with Crippen LogP contribution in [-0.4, -0.2) is 39.8 Å². The van der Waals surface area contributed by atoms with Crippen molar-refractivity contribution in [2.24, 2.45) is 0 Å². The largest absolute Gasteiger partial charge is 0.491 e. The van der Waals surface area contributed by atoms with Gasteiger partial charge in [0.15, 0.2) is 0 Å². The fourth-order valence-corrected chi connectivity index (χ4v) is 1.30. The molecule has 17 heavy (non-hydrogen) atoms. The zero-order chi connectivity index (χ0) is 12.5. The first-order chi connectivity index (χ1) is 8.27. The van der Waals surface area contributed by atoms with E-state index < -0.39 is 0 Å². The maximum absolute atomic E-state index is 10.6. The van der Waals surface area contributed by atoms with Gasteiger partial charge in [0, 0.05) is 12.7 Å². The van der Waals surface area contributed by atoms with Crippen LogP contribution in [0.5, 0.6) is 5.75 Å². The number of carbonyl (C=O) groups excluding carboxylic acids is 1. The molecule has 0 aliphatic carbocycles. The Morgan fingerprint density at radius 3 is 2.65 bits per heavy atom. The predicted molar refractivity (Wildman–Crippen MR) is 64.8 cm³/mol. The molecule has 0 aliphatic rings. The Morgan fingerprint density at radius 1 is 1.18 bits per heavy atom.